The maximum Gasteiger partial charge on any atom is 0.241 e. The van der Waals surface area contributed by atoms with Crippen LogP contribution < -0.4 is 4.72 Å². The van der Waals surface area contributed by atoms with Gasteiger partial charge in [-0.1, -0.05) is 31.5 Å². The molecule has 1 aromatic rings. The molecule has 5 heteroatoms. The highest BCUT2D eigenvalue weighted by Crippen LogP contribution is 2.24. The fraction of sp³-hybridized carbons (Fsp3) is 0.571. The molecular formula is C14H21NO3S. The van der Waals surface area contributed by atoms with E-state index in [-0.39, 0.29) is 6.04 Å². The van der Waals surface area contributed by atoms with Gasteiger partial charge in [-0.3, -0.25) is 0 Å². The average Bonchev–Trinajstić information content (AvgIpc) is 3.13. The molecule has 1 fully saturated rings. The molecule has 4 nitrogen and oxygen atoms in total. The van der Waals surface area contributed by atoms with Gasteiger partial charge in [-0.05, 0) is 37.3 Å². The molecule has 0 bridgehead atoms. The molecule has 1 aromatic carbocycles. The number of nitrogens with one attached hydrogen (secondary N) is 1. The van der Waals surface area contributed by atoms with Crippen LogP contribution >= 0.6 is 0 Å². The lowest BCUT2D eigenvalue weighted by atomic mass is 10.0. The summed E-state index contributed by atoms with van der Waals surface area (Å²) in [5, 5.41) is 9.87. The van der Waals surface area contributed by atoms with Crippen molar-refractivity contribution < 1.29 is 13.5 Å². The first kappa shape index (κ1) is 14.5. The number of benzene rings is 1. The molecule has 1 saturated carbocycles. The number of aliphatic hydroxyl groups excluding tert-OH is 1. The summed E-state index contributed by atoms with van der Waals surface area (Å²) in [4.78, 5) is 0.303. The van der Waals surface area contributed by atoms with Gasteiger partial charge < -0.3 is 5.11 Å². The standard InChI is InChI=1S/C14H21NO3S/c1-2-5-13(16)10-11-6-3-4-7-14(11)19(17,18)15-12-8-9-12/h3-4,6-7,12-13,15-16H,2,5,8-10H2,1H3. The van der Waals surface area contributed by atoms with Gasteiger partial charge in [-0.15, -0.1) is 0 Å². The summed E-state index contributed by atoms with van der Waals surface area (Å²) in [6.45, 7) is 2.00. The monoisotopic (exact) mass is 283 g/mol. The zero-order valence-electron chi connectivity index (χ0n) is 11.2. The van der Waals surface area contributed by atoms with E-state index in [0.29, 0.717) is 23.3 Å². The van der Waals surface area contributed by atoms with Crippen molar-refractivity contribution in [2.45, 2.75) is 56.1 Å². The van der Waals surface area contributed by atoms with Gasteiger partial charge in [0, 0.05) is 6.04 Å². The van der Waals surface area contributed by atoms with Gasteiger partial charge in [0.15, 0.2) is 0 Å². The van der Waals surface area contributed by atoms with Crippen molar-refractivity contribution in [1.82, 2.24) is 4.72 Å². The van der Waals surface area contributed by atoms with Gasteiger partial charge in [-0.2, -0.15) is 0 Å². The van der Waals surface area contributed by atoms with Crippen LogP contribution in [-0.2, 0) is 16.4 Å². The molecule has 2 N–H and O–H groups in total. The highest BCUT2D eigenvalue weighted by molar-refractivity contribution is 7.89. The van der Waals surface area contributed by atoms with Gasteiger partial charge in [0.25, 0.3) is 0 Å². The maximum absolute atomic E-state index is 12.3. The van der Waals surface area contributed by atoms with E-state index in [1.54, 1.807) is 18.2 Å². The highest BCUT2D eigenvalue weighted by atomic mass is 32.2. The van der Waals surface area contributed by atoms with Crippen molar-refractivity contribution in [2.75, 3.05) is 0 Å². The Bertz CT molecular complexity index is 523. The Balaban J connectivity index is 2.19. The minimum atomic E-state index is -3.45. The SMILES string of the molecule is CCCC(O)Cc1ccccc1S(=O)(=O)NC1CC1. The van der Waals surface area contributed by atoms with Crippen LogP contribution in [0.3, 0.4) is 0 Å². The van der Waals surface area contributed by atoms with Crippen LogP contribution in [0.25, 0.3) is 0 Å². The van der Waals surface area contributed by atoms with E-state index in [2.05, 4.69) is 4.72 Å². The van der Waals surface area contributed by atoms with Gasteiger partial charge in [0.1, 0.15) is 0 Å². The van der Waals surface area contributed by atoms with Gasteiger partial charge in [0.05, 0.1) is 11.0 Å². The van der Waals surface area contributed by atoms with Crippen LogP contribution in [0.2, 0.25) is 0 Å². The van der Waals surface area contributed by atoms with Crippen molar-refractivity contribution >= 4 is 10.0 Å². The van der Waals surface area contributed by atoms with Gasteiger partial charge in [0.2, 0.25) is 10.0 Å². The first-order chi connectivity index (χ1) is 9.03. The molecule has 1 atom stereocenters. The van der Waals surface area contributed by atoms with Crippen molar-refractivity contribution in [1.29, 1.82) is 0 Å². The minimum absolute atomic E-state index is 0.0959. The normalized spacial score (nSPS) is 17.4. The number of hydrogen-bond donors (Lipinski definition) is 2. The molecule has 1 unspecified atom stereocenters. The molecule has 106 valence electrons. The summed E-state index contributed by atoms with van der Waals surface area (Å²) >= 11 is 0. The van der Waals surface area contributed by atoms with Gasteiger partial charge in [-0.25, -0.2) is 13.1 Å². The van der Waals surface area contributed by atoms with Crippen LogP contribution in [0.4, 0.5) is 0 Å². The fourth-order valence-electron chi connectivity index (χ4n) is 2.11. The largest absolute Gasteiger partial charge is 0.393 e. The third kappa shape index (κ3) is 4.03. The van der Waals surface area contributed by atoms with E-state index >= 15 is 0 Å². The lowest BCUT2D eigenvalue weighted by Gasteiger charge is -2.14. The predicted octanol–water partition coefficient (Wildman–Crippen LogP) is 1.83. The number of aliphatic hydroxyl groups is 1. The average molecular weight is 283 g/mol. The summed E-state index contributed by atoms with van der Waals surface area (Å²) < 4.78 is 27.2. The zero-order valence-corrected chi connectivity index (χ0v) is 12.0. The van der Waals surface area contributed by atoms with E-state index in [1.807, 2.05) is 13.0 Å². The molecule has 1 aliphatic carbocycles. The number of rotatable bonds is 7. The van der Waals surface area contributed by atoms with Crippen molar-refractivity contribution in [3.63, 3.8) is 0 Å². The highest BCUT2D eigenvalue weighted by Gasteiger charge is 2.29. The lowest BCUT2D eigenvalue weighted by Crippen LogP contribution is -2.27. The molecule has 19 heavy (non-hydrogen) atoms. The third-order valence-corrected chi connectivity index (χ3v) is 4.86. The van der Waals surface area contributed by atoms with Crippen LogP contribution in [0, 0.1) is 0 Å². The first-order valence-corrected chi connectivity index (χ1v) is 8.29. The summed E-state index contributed by atoms with van der Waals surface area (Å²) in [5.41, 5.74) is 0.691. The predicted molar refractivity (Wildman–Crippen MR) is 74.4 cm³/mol. The molecule has 0 amide bonds. The van der Waals surface area contributed by atoms with E-state index in [4.69, 9.17) is 0 Å². The van der Waals surface area contributed by atoms with Crippen molar-refractivity contribution in [2.24, 2.45) is 0 Å². The molecule has 0 aromatic heterocycles. The van der Waals surface area contributed by atoms with E-state index < -0.39 is 16.1 Å². The molecule has 0 saturated heterocycles. The van der Waals surface area contributed by atoms with Crippen molar-refractivity contribution in [3.05, 3.63) is 29.8 Å². The van der Waals surface area contributed by atoms with Gasteiger partial charge >= 0.3 is 0 Å². The zero-order chi connectivity index (χ0) is 13.9. The van der Waals surface area contributed by atoms with E-state index in [1.165, 1.54) is 0 Å². The molecular weight excluding hydrogens is 262 g/mol. The molecule has 2 rings (SSSR count). The summed E-state index contributed by atoms with van der Waals surface area (Å²) in [6, 6.07) is 7.01. The van der Waals surface area contributed by atoms with Crippen LogP contribution in [0.1, 0.15) is 38.2 Å². The second-order valence-electron chi connectivity index (χ2n) is 5.15. The fourth-order valence-corrected chi connectivity index (χ4v) is 3.66. The molecule has 0 heterocycles. The number of hydrogen-bond acceptors (Lipinski definition) is 3. The molecule has 1 aliphatic rings. The quantitative estimate of drug-likeness (QED) is 0.802. The minimum Gasteiger partial charge on any atom is -0.393 e. The van der Waals surface area contributed by atoms with E-state index in [9.17, 15) is 13.5 Å². The van der Waals surface area contributed by atoms with Crippen LogP contribution in [0.15, 0.2) is 29.2 Å². The Labute approximate surface area is 114 Å². The first-order valence-electron chi connectivity index (χ1n) is 6.81. The Hall–Kier alpha value is -0.910. The summed E-state index contributed by atoms with van der Waals surface area (Å²) in [6.07, 6.45) is 3.30. The Morgan fingerprint density at radius 2 is 2.05 bits per heavy atom. The van der Waals surface area contributed by atoms with E-state index in [0.717, 1.165) is 19.3 Å². The second kappa shape index (κ2) is 6.03. The van der Waals surface area contributed by atoms with Crippen LogP contribution in [0.5, 0.6) is 0 Å². The maximum atomic E-state index is 12.3. The topological polar surface area (TPSA) is 66.4 Å². The third-order valence-electron chi connectivity index (χ3n) is 3.24. The smallest absolute Gasteiger partial charge is 0.241 e. The molecule has 0 aliphatic heterocycles. The number of sulfonamides is 1. The van der Waals surface area contributed by atoms with Crippen molar-refractivity contribution in [3.8, 4) is 0 Å². The summed E-state index contributed by atoms with van der Waals surface area (Å²) in [7, 11) is -3.45. The Morgan fingerprint density at radius 3 is 2.68 bits per heavy atom. The lowest BCUT2D eigenvalue weighted by molar-refractivity contribution is 0.163. The molecule has 0 spiro atoms. The second-order valence-corrected chi connectivity index (χ2v) is 6.83. The molecule has 0 radical (unpaired) electrons. The Morgan fingerprint density at radius 1 is 1.37 bits per heavy atom. The van der Waals surface area contributed by atoms with Crippen LogP contribution in [-0.4, -0.2) is 25.7 Å². The summed E-state index contributed by atoms with van der Waals surface area (Å²) in [5.74, 6) is 0. The Kier molecular flexibility index (Phi) is 4.60.